The number of halogens is 2. The lowest BCUT2D eigenvalue weighted by Crippen LogP contribution is -2.47. The van der Waals surface area contributed by atoms with Gasteiger partial charge in [-0.25, -0.2) is 0 Å². The van der Waals surface area contributed by atoms with E-state index in [1.165, 1.54) is 32.1 Å². The fourth-order valence-electron chi connectivity index (χ4n) is 3.86. The van der Waals surface area contributed by atoms with Crippen LogP contribution in [0.3, 0.4) is 0 Å². The number of anilines is 1. The SMILES string of the molecule is CCCCN(c1nc(Cl)nc(Cl)n1)C1CCN(OC2CCCCC2)CC1. The van der Waals surface area contributed by atoms with Crippen molar-refractivity contribution in [2.75, 3.05) is 24.5 Å². The number of nitrogens with zero attached hydrogens (tertiary/aromatic N) is 5. The quantitative estimate of drug-likeness (QED) is 0.669. The average Bonchev–Trinajstić information content (AvgIpc) is 2.63. The van der Waals surface area contributed by atoms with Crippen LogP contribution in [0.15, 0.2) is 0 Å². The standard InChI is InChI=1S/C18H29Cl2N5O/c1-2-3-11-25(18-22-16(19)21-17(20)23-18)14-9-12-24(13-10-14)26-15-7-5-4-6-8-15/h14-15H,2-13H2,1H3. The molecule has 146 valence electrons. The van der Waals surface area contributed by atoms with Gasteiger partial charge in [0.15, 0.2) is 0 Å². The summed E-state index contributed by atoms with van der Waals surface area (Å²) >= 11 is 12.0. The highest BCUT2D eigenvalue weighted by Gasteiger charge is 2.28. The lowest BCUT2D eigenvalue weighted by molar-refractivity contribution is -0.213. The molecule has 0 amide bonds. The Labute approximate surface area is 166 Å². The molecule has 1 aromatic heterocycles. The molecular weight excluding hydrogens is 373 g/mol. The van der Waals surface area contributed by atoms with Crippen LogP contribution in [0.1, 0.15) is 64.7 Å². The Morgan fingerprint density at radius 1 is 1.00 bits per heavy atom. The maximum atomic E-state index is 6.22. The molecule has 2 fully saturated rings. The summed E-state index contributed by atoms with van der Waals surface area (Å²) < 4.78 is 0. The van der Waals surface area contributed by atoms with Crippen molar-refractivity contribution in [1.29, 1.82) is 0 Å². The van der Waals surface area contributed by atoms with Gasteiger partial charge in [-0.1, -0.05) is 32.6 Å². The molecule has 6 nitrogen and oxygen atoms in total. The van der Waals surface area contributed by atoms with Crippen molar-refractivity contribution in [3.05, 3.63) is 10.6 Å². The van der Waals surface area contributed by atoms with Crippen LogP contribution in [0.5, 0.6) is 0 Å². The first kappa shape index (κ1) is 20.1. The number of aromatic nitrogens is 3. The lowest BCUT2D eigenvalue weighted by atomic mass is 9.98. The van der Waals surface area contributed by atoms with Crippen LogP contribution in [0.4, 0.5) is 5.95 Å². The Morgan fingerprint density at radius 2 is 1.65 bits per heavy atom. The molecule has 8 heteroatoms. The molecule has 0 N–H and O–H groups in total. The van der Waals surface area contributed by atoms with Crippen LogP contribution in [-0.4, -0.2) is 51.8 Å². The van der Waals surface area contributed by atoms with Gasteiger partial charge < -0.3 is 4.90 Å². The minimum Gasteiger partial charge on any atom is -0.338 e. The Kier molecular flexibility index (Phi) is 7.73. The Morgan fingerprint density at radius 3 is 2.27 bits per heavy atom. The van der Waals surface area contributed by atoms with E-state index in [1.807, 2.05) is 0 Å². The molecule has 3 rings (SSSR count). The summed E-state index contributed by atoms with van der Waals surface area (Å²) in [5, 5.41) is 2.47. The van der Waals surface area contributed by atoms with Crippen molar-refractivity contribution in [2.24, 2.45) is 0 Å². The largest absolute Gasteiger partial charge is 0.338 e. The highest BCUT2D eigenvalue weighted by Crippen LogP contribution is 2.26. The van der Waals surface area contributed by atoms with Crippen molar-refractivity contribution in [1.82, 2.24) is 20.0 Å². The van der Waals surface area contributed by atoms with Crippen molar-refractivity contribution in [3.8, 4) is 0 Å². The van der Waals surface area contributed by atoms with Crippen LogP contribution in [0.2, 0.25) is 10.6 Å². The first-order valence-electron chi connectivity index (χ1n) is 9.91. The summed E-state index contributed by atoms with van der Waals surface area (Å²) in [6.45, 7) is 4.97. The zero-order chi connectivity index (χ0) is 18.4. The van der Waals surface area contributed by atoms with E-state index in [-0.39, 0.29) is 10.6 Å². The molecule has 0 atom stereocenters. The van der Waals surface area contributed by atoms with Gasteiger partial charge in [-0.2, -0.15) is 20.0 Å². The van der Waals surface area contributed by atoms with Crippen LogP contribution in [0.25, 0.3) is 0 Å². The Balaban J connectivity index is 1.59. The third-order valence-corrected chi connectivity index (χ3v) is 5.63. The third-order valence-electron chi connectivity index (χ3n) is 5.29. The second-order valence-electron chi connectivity index (χ2n) is 7.25. The molecular formula is C18H29Cl2N5O. The van der Waals surface area contributed by atoms with Gasteiger partial charge in [-0.05, 0) is 55.3 Å². The summed E-state index contributed by atoms with van der Waals surface area (Å²) in [5.74, 6) is 0.593. The van der Waals surface area contributed by atoms with Gasteiger partial charge in [-0.3, -0.25) is 4.84 Å². The average molecular weight is 402 g/mol. The van der Waals surface area contributed by atoms with Gasteiger partial charge >= 0.3 is 0 Å². The van der Waals surface area contributed by atoms with Gasteiger partial charge in [0.05, 0.1) is 6.10 Å². The van der Waals surface area contributed by atoms with E-state index < -0.39 is 0 Å². The molecule has 1 saturated carbocycles. The maximum absolute atomic E-state index is 6.22. The second-order valence-corrected chi connectivity index (χ2v) is 7.92. The molecule has 0 bridgehead atoms. The van der Waals surface area contributed by atoms with E-state index in [0.29, 0.717) is 18.1 Å². The van der Waals surface area contributed by atoms with E-state index in [0.717, 1.165) is 45.3 Å². The third kappa shape index (κ3) is 5.65. The number of rotatable bonds is 7. The minimum atomic E-state index is 0.152. The highest BCUT2D eigenvalue weighted by molar-refractivity contribution is 6.31. The fraction of sp³-hybridized carbons (Fsp3) is 0.833. The number of hydrogen-bond acceptors (Lipinski definition) is 6. The van der Waals surface area contributed by atoms with Crippen molar-refractivity contribution >= 4 is 29.2 Å². The zero-order valence-electron chi connectivity index (χ0n) is 15.5. The topological polar surface area (TPSA) is 54.4 Å². The van der Waals surface area contributed by atoms with Gasteiger partial charge in [0.2, 0.25) is 16.5 Å². The molecule has 2 heterocycles. The summed E-state index contributed by atoms with van der Waals surface area (Å²) in [4.78, 5) is 21.0. The van der Waals surface area contributed by atoms with Gasteiger partial charge in [0.1, 0.15) is 0 Å². The first-order chi connectivity index (χ1) is 12.7. The highest BCUT2D eigenvalue weighted by atomic mass is 35.5. The normalized spacial score (nSPS) is 20.4. The molecule has 0 spiro atoms. The molecule has 1 aliphatic carbocycles. The molecule has 1 aliphatic heterocycles. The fourth-order valence-corrected chi connectivity index (χ4v) is 4.21. The predicted octanol–water partition coefficient (Wildman–Crippen LogP) is 4.51. The number of hydroxylamine groups is 2. The molecule has 0 unspecified atom stereocenters. The summed E-state index contributed by atoms with van der Waals surface area (Å²) in [7, 11) is 0. The Hall–Kier alpha value is -0.690. The first-order valence-corrected chi connectivity index (χ1v) is 10.7. The van der Waals surface area contributed by atoms with Crippen LogP contribution in [0, 0.1) is 0 Å². The number of unbranched alkanes of at least 4 members (excludes halogenated alkanes) is 1. The van der Waals surface area contributed by atoms with E-state index in [9.17, 15) is 0 Å². The van der Waals surface area contributed by atoms with E-state index in [1.54, 1.807) is 0 Å². The predicted molar refractivity (Wildman–Crippen MR) is 105 cm³/mol. The summed E-state index contributed by atoms with van der Waals surface area (Å²) in [6, 6.07) is 0.377. The van der Waals surface area contributed by atoms with Gasteiger partial charge in [-0.15, -0.1) is 0 Å². The van der Waals surface area contributed by atoms with Crippen molar-refractivity contribution in [2.45, 2.75) is 76.9 Å². The monoisotopic (exact) mass is 401 g/mol. The minimum absolute atomic E-state index is 0.152. The molecule has 0 aromatic carbocycles. The van der Waals surface area contributed by atoms with Crippen molar-refractivity contribution < 1.29 is 4.84 Å². The van der Waals surface area contributed by atoms with E-state index >= 15 is 0 Å². The van der Waals surface area contributed by atoms with Crippen LogP contribution >= 0.6 is 23.2 Å². The summed E-state index contributed by atoms with van der Waals surface area (Å²) in [5.41, 5.74) is 0. The van der Waals surface area contributed by atoms with E-state index in [4.69, 9.17) is 28.0 Å². The molecule has 2 aliphatic rings. The second kappa shape index (κ2) is 10.0. The molecule has 0 radical (unpaired) electrons. The van der Waals surface area contributed by atoms with Gasteiger partial charge in [0.25, 0.3) is 0 Å². The number of hydrogen-bond donors (Lipinski definition) is 0. The maximum Gasteiger partial charge on any atom is 0.231 e. The molecule has 1 saturated heterocycles. The van der Waals surface area contributed by atoms with E-state index in [2.05, 4.69) is 31.8 Å². The smallest absolute Gasteiger partial charge is 0.231 e. The van der Waals surface area contributed by atoms with Crippen molar-refractivity contribution in [3.63, 3.8) is 0 Å². The zero-order valence-corrected chi connectivity index (χ0v) is 17.1. The van der Waals surface area contributed by atoms with Crippen LogP contribution < -0.4 is 4.90 Å². The Bertz CT molecular complexity index is 542. The van der Waals surface area contributed by atoms with Gasteiger partial charge in [0, 0.05) is 25.7 Å². The molecule has 26 heavy (non-hydrogen) atoms. The number of piperidine rings is 1. The van der Waals surface area contributed by atoms with Crippen LogP contribution in [-0.2, 0) is 4.84 Å². The molecule has 1 aromatic rings. The summed E-state index contributed by atoms with van der Waals surface area (Å²) in [6.07, 6.45) is 11.0. The lowest BCUT2D eigenvalue weighted by Gasteiger charge is -2.39.